The number of aliphatic carboxylic acids is 1. The Morgan fingerprint density at radius 1 is 0.432 bits per heavy atom. The van der Waals surface area contributed by atoms with Gasteiger partial charge in [-0.2, -0.15) is 0 Å². The zero-order chi connectivity index (χ0) is 91.7. The van der Waals surface area contributed by atoms with E-state index in [1.165, 1.54) is 141 Å². The third-order valence-electron chi connectivity index (χ3n) is 24.3. The lowest BCUT2D eigenvalue weighted by molar-refractivity contribution is -0.405. The lowest BCUT2D eigenvalue weighted by Crippen LogP contribution is -2.72. The second-order valence-corrected chi connectivity index (χ2v) is 34.5. The summed E-state index contributed by atoms with van der Waals surface area (Å²) in [6.45, 7) is 1.29. The van der Waals surface area contributed by atoms with Gasteiger partial charge >= 0.3 is 5.97 Å². The van der Waals surface area contributed by atoms with Crippen LogP contribution in [0.15, 0.2) is 24.3 Å². The number of rotatable bonds is 61. The summed E-state index contributed by atoms with van der Waals surface area (Å²) >= 11 is 0. The quantitative estimate of drug-likeness (QED) is 0.0294. The lowest BCUT2D eigenvalue weighted by atomic mass is 9.88. The van der Waals surface area contributed by atoms with E-state index in [1.54, 1.807) is 6.08 Å². The molecule has 125 heavy (non-hydrogen) atoms. The van der Waals surface area contributed by atoms with Gasteiger partial charge in [0, 0.05) is 26.7 Å². The number of carboxylic acids is 1. The van der Waals surface area contributed by atoms with Crippen LogP contribution in [0.4, 0.5) is 0 Å². The highest BCUT2D eigenvalue weighted by atomic mass is 16.8. The first kappa shape index (κ1) is 110. The number of carboxylic acid groups (broad SMARTS) is 1. The highest BCUT2D eigenvalue weighted by Crippen LogP contribution is 2.42. The van der Waals surface area contributed by atoms with Crippen LogP contribution in [0, 0.1) is 0 Å². The van der Waals surface area contributed by atoms with E-state index >= 15 is 0 Å². The zero-order valence-corrected chi connectivity index (χ0v) is 73.8. The molecule has 3 amide bonds. The molecule has 0 bridgehead atoms. The fourth-order valence-corrected chi connectivity index (χ4v) is 16.8. The normalized spacial score (nSPS) is 35.1. The summed E-state index contributed by atoms with van der Waals surface area (Å²) < 4.78 is 72.7. The summed E-state index contributed by atoms with van der Waals surface area (Å²) in [5.74, 6) is -7.89. The number of nitrogens with one attached hydrogen (secondary N) is 3. The minimum atomic E-state index is -3.44. The first-order chi connectivity index (χ1) is 60.0. The number of hydrogen-bond acceptors (Lipinski definition) is 34. The van der Waals surface area contributed by atoms with E-state index in [0.29, 0.717) is 12.8 Å². The summed E-state index contributed by atoms with van der Waals surface area (Å²) in [5, 5.41) is 222. The van der Waals surface area contributed by atoms with Gasteiger partial charge in [-0.05, 0) is 51.9 Å². The fourth-order valence-electron chi connectivity index (χ4n) is 16.8. The van der Waals surface area contributed by atoms with Crippen LogP contribution >= 0.6 is 0 Å². The number of hydrogen-bond donors (Lipinski definition) is 22. The van der Waals surface area contributed by atoms with Gasteiger partial charge in [-0.25, -0.2) is 4.79 Å². The average molecular weight is 1800 g/mol. The van der Waals surface area contributed by atoms with Crippen LogP contribution in [-0.4, -0.2) is 362 Å². The molecule has 6 rings (SSSR count). The van der Waals surface area contributed by atoms with Crippen molar-refractivity contribution in [3.8, 4) is 0 Å². The van der Waals surface area contributed by atoms with Gasteiger partial charge in [-0.15, -0.1) is 0 Å². The molecule has 0 spiro atoms. The predicted octanol–water partition coefficient (Wildman–Crippen LogP) is 0.706. The molecule has 6 fully saturated rings. The van der Waals surface area contributed by atoms with Crippen molar-refractivity contribution in [3.05, 3.63) is 24.3 Å². The maximum absolute atomic E-state index is 14.0. The first-order valence-corrected chi connectivity index (χ1v) is 46.1. The number of allylic oxidation sites excluding steroid dienone is 3. The van der Waals surface area contributed by atoms with Gasteiger partial charge in [0.15, 0.2) is 31.5 Å². The monoisotopic (exact) mass is 1800 g/mol. The molecule has 6 aliphatic rings. The first-order valence-electron chi connectivity index (χ1n) is 46.1. The van der Waals surface area contributed by atoms with Gasteiger partial charge < -0.3 is 170 Å². The molecule has 6 aliphatic heterocycles. The smallest absolute Gasteiger partial charge is 0.364 e. The largest absolute Gasteiger partial charge is 0.477 e. The molecular weight excluding hydrogens is 1650 g/mol. The molecule has 0 saturated carbocycles. The number of carbonyl (C=O) groups excluding carboxylic acids is 3. The van der Waals surface area contributed by atoms with E-state index in [0.717, 1.165) is 84.5 Å². The van der Waals surface area contributed by atoms with Crippen LogP contribution in [0.25, 0.3) is 0 Å². The van der Waals surface area contributed by atoms with Crippen molar-refractivity contribution in [2.24, 2.45) is 0 Å². The van der Waals surface area contributed by atoms with E-state index in [-0.39, 0.29) is 6.42 Å². The van der Waals surface area contributed by atoms with Crippen molar-refractivity contribution in [1.82, 2.24) is 16.0 Å². The van der Waals surface area contributed by atoms with Crippen molar-refractivity contribution >= 4 is 23.7 Å². The summed E-state index contributed by atoms with van der Waals surface area (Å²) in [7, 11) is 0. The molecule has 728 valence electrons. The molecular formula is C87H155N3O35. The predicted molar refractivity (Wildman–Crippen MR) is 446 cm³/mol. The molecule has 0 aromatic rings. The van der Waals surface area contributed by atoms with Crippen LogP contribution in [0.2, 0.25) is 0 Å². The minimum Gasteiger partial charge on any atom is -0.477 e. The van der Waals surface area contributed by atoms with Gasteiger partial charge in [0.25, 0.3) is 5.79 Å². The van der Waals surface area contributed by atoms with Crippen LogP contribution < -0.4 is 16.0 Å². The maximum atomic E-state index is 14.0. The topological polar surface area (TPSA) is 600 Å². The van der Waals surface area contributed by atoms with Gasteiger partial charge in [0.05, 0.1) is 70.0 Å². The number of amides is 3. The van der Waals surface area contributed by atoms with Crippen LogP contribution in [0.1, 0.15) is 259 Å². The summed E-state index contributed by atoms with van der Waals surface area (Å²) in [5.41, 5.74) is 0. The molecule has 6 heterocycles. The van der Waals surface area contributed by atoms with Crippen LogP contribution in [-0.2, 0) is 76.0 Å². The summed E-state index contributed by atoms with van der Waals surface area (Å²) in [6, 6.07) is -4.99. The molecule has 0 aliphatic carbocycles. The summed E-state index contributed by atoms with van der Waals surface area (Å²) in [4.78, 5) is 53.8. The molecule has 33 atom stereocenters. The third kappa shape index (κ3) is 34.6. The number of carbonyl (C=O) groups is 4. The second kappa shape index (κ2) is 58.9. The average Bonchev–Trinajstić information content (AvgIpc) is 0.763. The number of unbranched alkanes of at least 4 members (excludes halogenated alkanes) is 30. The molecule has 0 aromatic carbocycles. The lowest BCUT2D eigenvalue weighted by Gasteiger charge is -2.53. The number of aliphatic hydroxyl groups is 18. The Kier molecular flexibility index (Phi) is 51.8. The van der Waals surface area contributed by atoms with Crippen molar-refractivity contribution in [3.63, 3.8) is 0 Å². The number of aliphatic hydroxyl groups excluding tert-OH is 18. The van der Waals surface area contributed by atoms with Gasteiger partial charge in [-0.1, -0.05) is 205 Å². The van der Waals surface area contributed by atoms with Crippen molar-refractivity contribution < 1.29 is 173 Å². The van der Waals surface area contributed by atoms with Gasteiger partial charge in [0.1, 0.15) is 134 Å². The maximum Gasteiger partial charge on any atom is 0.364 e. The highest BCUT2D eigenvalue weighted by Gasteiger charge is 2.63. The van der Waals surface area contributed by atoms with E-state index in [9.17, 15) is 116 Å². The van der Waals surface area contributed by atoms with Crippen molar-refractivity contribution in [2.45, 2.75) is 461 Å². The second-order valence-electron chi connectivity index (χ2n) is 34.5. The molecule has 6 saturated heterocycles. The summed E-state index contributed by atoms with van der Waals surface area (Å²) in [6.07, 6.45) is -15.3. The Bertz CT molecular complexity index is 3010. The van der Waals surface area contributed by atoms with Gasteiger partial charge in [0.2, 0.25) is 17.7 Å². The Balaban J connectivity index is 1.20. The van der Waals surface area contributed by atoms with Crippen molar-refractivity contribution in [2.75, 3.05) is 39.6 Å². The highest BCUT2D eigenvalue weighted by molar-refractivity contribution is 5.77. The Morgan fingerprint density at radius 3 is 1.37 bits per heavy atom. The third-order valence-corrected chi connectivity index (χ3v) is 24.3. The zero-order valence-electron chi connectivity index (χ0n) is 73.8. The molecule has 12 unspecified atom stereocenters. The van der Waals surface area contributed by atoms with E-state index < -0.39 is 272 Å². The minimum absolute atomic E-state index is 0.115. The SMILES string of the molecule is CCCCCCCC/C=C\CCCCCCCCCCCCCCCC(=O)N[C@@H](CO[C@@H]1OC(CO)[C@@H](O[C@@H]2OC(CO)[C@H](O[C@@H]3OC(CO)[C@H](O)[C@H](O[C@@H]4OC(CO)[C@H](O)[C@H](O)C4O[C@H]4OC(C)[C@@H](O)C(O)[C@@H]4O)C3NC(C)=O)[C@H](O[C@]3(C(=O)O)CC(O)[C@@H](NC(C)=O)C([C@H](O)[C@H](O)CO)O3)C2O)[C@H](O)C1O)[C@H](O)/C=C/CCCCCCCCCCCCC. The Hall–Kier alpha value is -3.84. The van der Waals surface area contributed by atoms with E-state index in [4.69, 9.17) is 56.8 Å². The van der Waals surface area contributed by atoms with Crippen LogP contribution in [0.5, 0.6) is 0 Å². The Labute approximate surface area is 734 Å². The number of ether oxygens (including phenoxy) is 12. The van der Waals surface area contributed by atoms with Crippen molar-refractivity contribution in [1.29, 1.82) is 0 Å². The molecule has 22 N–H and O–H groups in total. The molecule has 38 nitrogen and oxygen atoms in total. The van der Waals surface area contributed by atoms with Gasteiger partial charge in [-0.3, -0.25) is 14.4 Å². The van der Waals surface area contributed by atoms with Crippen LogP contribution in [0.3, 0.4) is 0 Å². The standard InChI is InChI=1S/C87H155N3O35/c1-6-8-10-12-14-16-18-20-21-22-23-24-25-26-27-28-29-31-33-35-37-39-41-43-62(101)90-54(55(98)42-40-38-36-34-32-30-19-17-15-13-11-9-7-2)50-114-82-73(110)71(108)75(60(48-94)118-82)120-84-74(111)79(125-87(86(112)113)44-56(99)63(88-52(4)96)78(124-87)66(103)57(100)45-91)76(61(49-95)119-84)121-81-64(89-53(5)97)77(68(105)59(47-93)116-81)122-85-80(70(107)67(104)58(46-92)117-85)123-83-72(109)69(106)65(102)51(3)115-83/h20-21,40,42,51,54-61,63-85,91-95,98-100,102-111H,6-19,22-39,41,43-50H2,1-5H3,(H,88,96)(H,89,97)(H,90,101)(H,112,113)/b21-20-,42-40+/t51?,54-,55+,56?,57+,58?,59?,60?,61?,63+,64?,65+,66+,67-,68-,69?,70-,71+,72-,73?,74?,75+,76-,77+,78?,79+,80?,81-,82+,83+,84-,85-,87-/m0/s1. The van der Waals surface area contributed by atoms with E-state index in [1.807, 2.05) is 0 Å². The Morgan fingerprint density at radius 2 is 0.856 bits per heavy atom. The van der Waals surface area contributed by atoms with E-state index in [2.05, 4.69) is 41.9 Å². The fraction of sp³-hybridized carbons (Fsp3) is 0.908. The molecule has 38 heteroatoms. The molecule has 0 radical (unpaired) electrons. The molecule has 0 aromatic heterocycles.